The van der Waals surface area contributed by atoms with Crippen LogP contribution in [0.3, 0.4) is 0 Å². The number of rotatable bonds is 5. The molecular weight excluding hydrogens is 314 g/mol. The molecular formula is C25H23N. The fraction of sp³-hybridized carbons (Fsp3) is 0.0800. The Morgan fingerprint density at radius 3 is 1.88 bits per heavy atom. The van der Waals surface area contributed by atoms with E-state index in [1.807, 2.05) is 54.6 Å². The van der Waals surface area contributed by atoms with E-state index in [9.17, 15) is 0 Å². The molecule has 0 aliphatic heterocycles. The van der Waals surface area contributed by atoms with Gasteiger partial charge in [-0.2, -0.15) is 0 Å². The van der Waals surface area contributed by atoms with E-state index in [0.717, 1.165) is 22.3 Å². The predicted octanol–water partition coefficient (Wildman–Crippen LogP) is 6.55. The molecule has 0 heterocycles. The van der Waals surface area contributed by atoms with E-state index in [1.165, 1.54) is 11.1 Å². The highest BCUT2D eigenvalue weighted by Gasteiger charge is 2.05. The van der Waals surface area contributed by atoms with Crippen LogP contribution in [0, 0.1) is 12.3 Å². The van der Waals surface area contributed by atoms with Gasteiger partial charge in [0.05, 0.1) is 5.71 Å². The van der Waals surface area contributed by atoms with Crippen molar-refractivity contribution in [2.24, 2.45) is 0 Å². The summed E-state index contributed by atoms with van der Waals surface area (Å²) in [6.07, 6.45) is 4.12. The van der Waals surface area contributed by atoms with Crippen LogP contribution in [0.5, 0.6) is 0 Å². The van der Waals surface area contributed by atoms with Crippen molar-refractivity contribution in [1.29, 1.82) is 5.41 Å². The minimum absolute atomic E-state index is 0.518. The molecule has 0 aromatic heterocycles. The molecule has 1 N–H and O–H groups in total. The number of benzene rings is 3. The van der Waals surface area contributed by atoms with Crippen LogP contribution in [0.15, 0.2) is 97.1 Å². The van der Waals surface area contributed by atoms with Crippen molar-refractivity contribution in [3.05, 3.63) is 119 Å². The lowest BCUT2D eigenvalue weighted by Crippen LogP contribution is -1.97. The summed E-state index contributed by atoms with van der Waals surface area (Å²) in [5.74, 6) is 0. The Hall–Kier alpha value is -3.19. The van der Waals surface area contributed by atoms with Gasteiger partial charge in [-0.1, -0.05) is 90.5 Å². The highest BCUT2D eigenvalue weighted by atomic mass is 14.4. The molecule has 0 unspecified atom stereocenters. The van der Waals surface area contributed by atoms with Crippen molar-refractivity contribution >= 4 is 16.9 Å². The summed E-state index contributed by atoms with van der Waals surface area (Å²) in [6.45, 7) is 4.17. The van der Waals surface area contributed by atoms with E-state index in [-0.39, 0.29) is 0 Å². The Labute approximate surface area is 155 Å². The maximum atomic E-state index is 8.55. The zero-order chi connectivity index (χ0) is 18.4. The zero-order valence-electron chi connectivity index (χ0n) is 15.2. The number of nitrogens with one attached hydrogen (secondary N) is 1. The molecule has 0 aliphatic rings. The second-order valence-corrected chi connectivity index (χ2v) is 6.44. The molecule has 1 nitrogen and oxygen atoms in total. The minimum Gasteiger partial charge on any atom is -0.300 e. The van der Waals surface area contributed by atoms with Gasteiger partial charge in [-0.15, -0.1) is 0 Å². The van der Waals surface area contributed by atoms with E-state index in [0.29, 0.717) is 5.71 Å². The first-order valence-electron chi connectivity index (χ1n) is 8.80. The highest BCUT2D eigenvalue weighted by Crippen LogP contribution is 2.23. The molecule has 0 fully saturated rings. The van der Waals surface area contributed by atoms with Crippen LogP contribution in [0.25, 0.3) is 11.1 Å². The monoisotopic (exact) mass is 337 g/mol. The number of hydrogen-bond acceptors (Lipinski definition) is 1. The van der Waals surface area contributed by atoms with Crippen LogP contribution < -0.4 is 0 Å². The maximum Gasteiger partial charge on any atom is 0.0618 e. The summed E-state index contributed by atoms with van der Waals surface area (Å²) in [7, 11) is 0. The fourth-order valence-corrected chi connectivity index (χ4v) is 2.91. The third-order valence-electron chi connectivity index (χ3n) is 4.34. The largest absolute Gasteiger partial charge is 0.300 e. The Balaban J connectivity index is 2.03. The van der Waals surface area contributed by atoms with Gasteiger partial charge in [0.25, 0.3) is 0 Å². The lowest BCUT2D eigenvalue weighted by molar-refractivity contribution is 1.43. The van der Waals surface area contributed by atoms with E-state index < -0.39 is 0 Å². The quantitative estimate of drug-likeness (QED) is 0.403. The van der Waals surface area contributed by atoms with Gasteiger partial charge < -0.3 is 5.41 Å². The van der Waals surface area contributed by atoms with Crippen molar-refractivity contribution in [2.45, 2.75) is 13.8 Å². The van der Waals surface area contributed by atoms with Crippen molar-refractivity contribution in [1.82, 2.24) is 0 Å². The summed E-state index contributed by atoms with van der Waals surface area (Å²) >= 11 is 0. The zero-order valence-corrected chi connectivity index (χ0v) is 15.2. The summed E-state index contributed by atoms with van der Waals surface area (Å²) < 4.78 is 0. The fourth-order valence-electron chi connectivity index (χ4n) is 2.91. The Bertz CT molecular complexity index is 948. The molecule has 0 saturated carbocycles. The van der Waals surface area contributed by atoms with Crippen molar-refractivity contribution in [3.8, 4) is 0 Å². The van der Waals surface area contributed by atoms with E-state index in [1.54, 1.807) is 0 Å². The molecule has 0 spiro atoms. The predicted molar refractivity (Wildman–Crippen MR) is 113 cm³/mol. The molecule has 1 heteroatoms. The second-order valence-electron chi connectivity index (χ2n) is 6.44. The van der Waals surface area contributed by atoms with Crippen molar-refractivity contribution < 1.29 is 0 Å². The SMILES string of the molecule is C/C(=C\C(=C/C(=N)c1cccc(C)c1)c1ccccc1)c1ccccc1. The van der Waals surface area contributed by atoms with Crippen LogP contribution >= 0.6 is 0 Å². The molecule has 3 aromatic carbocycles. The Morgan fingerprint density at radius 2 is 1.27 bits per heavy atom. The first-order chi connectivity index (χ1) is 12.6. The maximum absolute atomic E-state index is 8.55. The molecule has 0 amide bonds. The molecule has 0 aliphatic carbocycles. The number of allylic oxidation sites excluding steroid dienone is 4. The lowest BCUT2D eigenvalue weighted by Gasteiger charge is -2.08. The first-order valence-corrected chi connectivity index (χ1v) is 8.80. The van der Waals surface area contributed by atoms with Gasteiger partial charge in [0, 0.05) is 0 Å². The van der Waals surface area contributed by atoms with Crippen LogP contribution in [0.4, 0.5) is 0 Å². The van der Waals surface area contributed by atoms with Gasteiger partial charge in [-0.25, -0.2) is 0 Å². The first kappa shape index (κ1) is 17.6. The van der Waals surface area contributed by atoms with Crippen molar-refractivity contribution in [3.63, 3.8) is 0 Å². The van der Waals surface area contributed by atoms with Crippen LogP contribution in [-0.2, 0) is 0 Å². The average Bonchev–Trinajstić information content (AvgIpc) is 2.68. The summed E-state index contributed by atoms with van der Waals surface area (Å²) in [5.41, 5.74) is 7.14. The molecule has 0 atom stereocenters. The van der Waals surface area contributed by atoms with Gasteiger partial charge in [-0.3, -0.25) is 0 Å². The van der Waals surface area contributed by atoms with Crippen LogP contribution in [0.1, 0.15) is 29.2 Å². The molecule has 0 bridgehead atoms. The van der Waals surface area contributed by atoms with Gasteiger partial charge in [0.1, 0.15) is 0 Å². The molecule has 3 aromatic rings. The van der Waals surface area contributed by atoms with Gasteiger partial charge >= 0.3 is 0 Å². The number of hydrogen-bond donors (Lipinski definition) is 1. The smallest absolute Gasteiger partial charge is 0.0618 e. The summed E-state index contributed by atoms with van der Waals surface area (Å²) in [5, 5.41) is 8.55. The third kappa shape index (κ3) is 4.46. The molecule has 26 heavy (non-hydrogen) atoms. The Kier molecular flexibility index (Phi) is 5.60. The topological polar surface area (TPSA) is 23.9 Å². The van der Waals surface area contributed by atoms with Gasteiger partial charge in [0.2, 0.25) is 0 Å². The van der Waals surface area contributed by atoms with Gasteiger partial charge in [-0.05, 0) is 53.8 Å². The second kappa shape index (κ2) is 8.26. The molecule has 128 valence electrons. The van der Waals surface area contributed by atoms with E-state index >= 15 is 0 Å². The minimum atomic E-state index is 0.518. The summed E-state index contributed by atoms with van der Waals surface area (Å²) in [4.78, 5) is 0. The van der Waals surface area contributed by atoms with Crippen LogP contribution in [0.2, 0.25) is 0 Å². The van der Waals surface area contributed by atoms with E-state index in [4.69, 9.17) is 5.41 Å². The third-order valence-corrected chi connectivity index (χ3v) is 4.34. The highest BCUT2D eigenvalue weighted by molar-refractivity contribution is 6.11. The van der Waals surface area contributed by atoms with Crippen LogP contribution in [-0.4, -0.2) is 5.71 Å². The van der Waals surface area contributed by atoms with E-state index in [2.05, 4.69) is 56.3 Å². The lowest BCUT2D eigenvalue weighted by atomic mass is 9.97. The normalized spacial score (nSPS) is 12.1. The molecule has 0 saturated heterocycles. The number of aryl methyl sites for hydroxylation is 1. The van der Waals surface area contributed by atoms with Crippen molar-refractivity contribution in [2.75, 3.05) is 0 Å². The molecule has 0 radical (unpaired) electrons. The average molecular weight is 337 g/mol. The van der Waals surface area contributed by atoms with Gasteiger partial charge in [0.15, 0.2) is 0 Å². The summed E-state index contributed by atoms with van der Waals surface area (Å²) in [6, 6.07) is 28.7. The Morgan fingerprint density at radius 1 is 0.692 bits per heavy atom. The molecule has 3 rings (SSSR count). The standard InChI is InChI=1S/C25H23N/c1-19-10-9-15-23(16-19)25(26)18-24(22-13-7-4-8-14-22)17-20(2)21-11-5-3-6-12-21/h3-18,26H,1-2H3/b20-17+,24-18+,26-25?.